The lowest BCUT2D eigenvalue weighted by molar-refractivity contribution is -0.379. The average Bonchev–Trinajstić information content (AvgIpc) is 0.791. The van der Waals surface area contributed by atoms with Gasteiger partial charge in [0.2, 0.25) is 5.91 Å². The van der Waals surface area contributed by atoms with Crippen LogP contribution in [0.15, 0.2) is 146 Å². The molecule has 19 heteroatoms. The van der Waals surface area contributed by atoms with Gasteiger partial charge in [0.1, 0.15) is 73.2 Å². The number of hydrogen-bond donors (Lipinski definition) is 12. The lowest BCUT2D eigenvalue weighted by Gasteiger charge is -2.48. The maximum absolute atomic E-state index is 13.4. The number of aliphatic hydroxyl groups is 11. The van der Waals surface area contributed by atoms with Crippen LogP contribution < -0.4 is 5.32 Å². The third-order valence-corrected chi connectivity index (χ3v) is 16.6. The van der Waals surface area contributed by atoms with Gasteiger partial charge < -0.3 is 89.9 Å². The molecule has 0 aromatic carbocycles. The molecule has 0 aromatic rings. The molecule has 540 valence electrons. The van der Waals surface area contributed by atoms with E-state index < -0.39 is 124 Å². The number of carbonyl (C=O) groups is 1. The van der Waals surface area contributed by atoms with E-state index in [4.69, 9.17) is 28.4 Å². The van der Waals surface area contributed by atoms with Crippen LogP contribution in [0.3, 0.4) is 0 Å². The fourth-order valence-electron chi connectivity index (χ4n) is 10.9. The highest BCUT2D eigenvalue weighted by molar-refractivity contribution is 5.76. The summed E-state index contributed by atoms with van der Waals surface area (Å²) >= 11 is 0. The molecule has 0 aliphatic carbocycles. The first-order valence-electron chi connectivity index (χ1n) is 35.6. The number of amides is 1. The second-order valence-electron chi connectivity index (χ2n) is 24.6. The molecule has 0 aromatic heterocycles. The summed E-state index contributed by atoms with van der Waals surface area (Å²) in [6.07, 6.45) is 52.6. The van der Waals surface area contributed by atoms with Crippen LogP contribution in [0, 0.1) is 0 Å². The highest BCUT2D eigenvalue weighted by atomic mass is 16.8. The zero-order valence-electron chi connectivity index (χ0n) is 57.1. The Hall–Kier alpha value is -4.33. The number of rotatable bonds is 52. The fourth-order valence-corrected chi connectivity index (χ4v) is 10.9. The van der Waals surface area contributed by atoms with Crippen LogP contribution in [0.2, 0.25) is 0 Å². The van der Waals surface area contributed by atoms with E-state index in [2.05, 4.69) is 153 Å². The zero-order chi connectivity index (χ0) is 68.9. The smallest absolute Gasteiger partial charge is 0.220 e. The van der Waals surface area contributed by atoms with E-state index in [0.29, 0.717) is 12.8 Å². The maximum Gasteiger partial charge on any atom is 0.220 e. The van der Waals surface area contributed by atoms with E-state index >= 15 is 0 Å². The first-order chi connectivity index (χ1) is 46.3. The van der Waals surface area contributed by atoms with E-state index in [1.807, 2.05) is 6.08 Å². The van der Waals surface area contributed by atoms with Gasteiger partial charge in [-0.15, -0.1) is 0 Å². The van der Waals surface area contributed by atoms with E-state index in [-0.39, 0.29) is 18.9 Å². The van der Waals surface area contributed by atoms with Crippen molar-refractivity contribution >= 4 is 5.91 Å². The molecule has 12 N–H and O–H groups in total. The van der Waals surface area contributed by atoms with Crippen LogP contribution in [0.25, 0.3) is 0 Å². The molecule has 0 radical (unpaired) electrons. The minimum atomic E-state index is -1.99. The topological polar surface area (TPSA) is 307 Å². The van der Waals surface area contributed by atoms with Crippen molar-refractivity contribution in [2.75, 3.05) is 26.4 Å². The van der Waals surface area contributed by atoms with Gasteiger partial charge in [-0.25, -0.2) is 0 Å². The first kappa shape index (κ1) is 84.9. The molecular formula is C76H123NO18. The van der Waals surface area contributed by atoms with Crippen molar-refractivity contribution in [2.24, 2.45) is 0 Å². The largest absolute Gasteiger partial charge is 0.394 e. The maximum atomic E-state index is 13.4. The van der Waals surface area contributed by atoms with Crippen LogP contribution in [-0.4, -0.2) is 193 Å². The summed E-state index contributed by atoms with van der Waals surface area (Å²) < 4.78 is 34.3. The summed E-state index contributed by atoms with van der Waals surface area (Å²) in [6, 6.07) is -1.01. The van der Waals surface area contributed by atoms with Gasteiger partial charge >= 0.3 is 0 Å². The lowest BCUT2D eigenvalue weighted by Crippen LogP contribution is -2.66. The third kappa shape index (κ3) is 36.9. The Labute approximate surface area is 568 Å². The number of allylic oxidation sites excluding steroid dienone is 23. The van der Waals surface area contributed by atoms with Crippen molar-refractivity contribution in [3.8, 4) is 0 Å². The minimum Gasteiger partial charge on any atom is -0.394 e. The number of ether oxygens (including phenoxy) is 6. The van der Waals surface area contributed by atoms with E-state index in [0.717, 1.165) is 122 Å². The molecule has 3 heterocycles. The Bertz CT molecular complexity index is 2290. The molecular weight excluding hydrogens is 1210 g/mol. The molecule has 0 bridgehead atoms. The summed E-state index contributed by atoms with van der Waals surface area (Å²) in [7, 11) is 0. The van der Waals surface area contributed by atoms with Crippen molar-refractivity contribution < 1.29 is 89.4 Å². The van der Waals surface area contributed by atoms with Crippen molar-refractivity contribution in [1.82, 2.24) is 5.32 Å². The molecule has 0 saturated carbocycles. The SMILES string of the molecule is CC/C=C\C/C=C\C/C=C\C/C=C\C/C=C\C/C=C\C/C=C\C/C=C\C/C=C\C/C=C\CCCCCCCCC(=O)NC(COC1OC(CO)C(OC2OC(CO)C(OC3OC(CO)C(O)C(O)C3O)C(O)C2O)C(O)C1O)C(O)/C=C/CC/C=C/CCCCCCCCC. The Kier molecular flexibility index (Phi) is 49.6. The number of carbonyl (C=O) groups excluding carboxylic acids is 1. The zero-order valence-corrected chi connectivity index (χ0v) is 57.1. The van der Waals surface area contributed by atoms with Crippen LogP contribution in [0.1, 0.15) is 194 Å². The summed E-state index contributed by atoms with van der Waals surface area (Å²) in [5, 5.41) is 120. The highest BCUT2D eigenvalue weighted by Crippen LogP contribution is 2.33. The number of aliphatic hydroxyl groups excluding tert-OH is 11. The average molecular weight is 1340 g/mol. The third-order valence-electron chi connectivity index (χ3n) is 16.6. The molecule has 3 fully saturated rings. The van der Waals surface area contributed by atoms with Crippen LogP contribution in [0.5, 0.6) is 0 Å². The van der Waals surface area contributed by atoms with Gasteiger partial charge in [-0.2, -0.15) is 0 Å². The molecule has 3 aliphatic rings. The molecule has 0 spiro atoms. The quantitative estimate of drug-likeness (QED) is 0.0199. The van der Waals surface area contributed by atoms with Gasteiger partial charge in [0.25, 0.3) is 0 Å². The van der Waals surface area contributed by atoms with Crippen LogP contribution >= 0.6 is 0 Å². The van der Waals surface area contributed by atoms with Gasteiger partial charge in [0, 0.05) is 6.42 Å². The van der Waals surface area contributed by atoms with E-state index in [1.54, 1.807) is 6.08 Å². The Morgan fingerprint density at radius 2 is 0.737 bits per heavy atom. The van der Waals surface area contributed by atoms with Crippen molar-refractivity contribution in [3.05, 3.63) is 146 Å². The molecule has 19 nitrogen and oxygen atoms in total. The van der Waals surface area contributed by atoms with E-state index in [9.17, 15) is 61.0 Å². The second kappa shape index (κ2) is 55.5. The summed E-state index contributed by atoms with van der Waals surface area (Å²) in [5.41, 5.74) is 0. The van der Waals surface area contributed by atoms with Gasteiger partial charge in [0.05, 0.1) is 38.6 Å². The lowest BCUT2D eigenvalue weighted by atomic mass is 9.96. The van der Waals surface area contributed by atoms with Crippen molar-refractivity contribution in [1.29, 1.82) is 0 Å². The number of hydrogen-bond acceptors (Lipinski definition) is 18. The second-order valence-corrected chi connectivity index (χ2v) is 24.6. The standard InChI is InChI=1S/C76H123NO18/c1-3-5-7-9-11-13-15-17-18-19-20-21-22-23-24-25-26-27-28-29-30-31-32-33-34-35-36-37-38-39-40-42-44-46-48-50-52-54-64(82)77-59(60(81)53-51-49-47-45-43-41-16-14-12-10-8-6-4-2)58-90-74-70(88)67(85)72(62(56-79)92-74)95-76-71(89)68(86)73(63(57-80)93-76)94-75-69(87)66(84)65(83)61(55-78)91-75/h5,7,11,13,17-18,20-21,23-24,26-27,29-30,32-33,35-36,38-39,43,45,51,53,59-63,65-76,78-81,83-89H,3-4,6,8-10,12,14-16,19,22,25,28,31,34,37,40-42,44,46-50,52,54-58H2,1-2H3,(H,77,82)/b7-5-,13-11-,18-17-,21-20-,24-23-,27-26-,30-29-,33-32-,36-35-,39-38-,45-43+,53-51+. The molecule has 1 amide bonds. The normalized spacial score (nSPS) is 28.1. The van der Waals surface area contributed by atoms with Crippen molar-refractivity contribution in [2.45, 2.75) is 298 Å². The molecule has 17 atom stereocenters. The summed E-state index contributed by atoms with van der Waals surface area (Å²) in [4.78, 5) is 13.4. The van der Waals surface area contributed by atoms with Gasteiger partial charge in [-0.3, -0.25) is 4.79 Å². The van der Waals surface area contributed by atoms with Gasteiger partial charge in [-0.05, 0) is 109 Å². The Morgan fingerprint density at radius 3 is 1.18 bits per heavy atom. The van der Waals surface area contributed by atoms with Crippen LogP contribution in [0.4, 0.5) is 0 Å². The molecule has 95 heavy (non-hydrogen) atoms. The summed E-state index contributed by atoms with van der Waals surface area (Å²) in [6.45, 7) is 1.54. The molecule has 3 rings (SSSR count). The molecule has 3 saturated heterocycles. The monoisotopic (exact) mass is 1340 g/mol. The van der Waals surface area contributed by atoms with Crippen molar-refractivity contribution in [3.63, 3.8) is 0 Å². The van der Waals surface area contributed by atoms with Gasteiger partial charge in [0.15, 0.2) is 18.9 Å². The fraction of sp³-hybridized carbons (Fsp3) is 0.671. The van der Waals surface area contributed by atoms with E-state index in [1.165, 1.54) is 38.5 Å². The highest BCUT2D eigenvalue weighted by Gasteiger charge is 2.53. The predicted molar refractivity (Wildman–Crippen MR) is 373 cm³/mol. The Morgan fingerprint density at radius 1 is 0.389 bits per heavy atom. The predicted octanol–water partition coefficient (Wildman–Crippen LogP) is 9.93. The molecule has 3 aliphatic heterocycles. The van der Waals surface area contributed by atoms with Gasteiger partial charge in [-0.1, -0.05) is 224 Å². The summed E-state index contributed by atoms with van der Waals surface area (Å²) in [5.74, 6) is -0.308. The first-order valence-corrected chi connectivity index (χ1v) is 35.6. The Balaban J connectivity index is 1.38. The number of unbranched alkanes of at least 4 members (excludes halogenated alkanes) is 14. The number of nitrogens with one attached hydrogen (secondary N) is 1. The van der Waals surface area contributed by atoms with Crippen LogP contribution in [-0.2, 0) is 33.2 Å². The minimum absolute atomic E-state index is 0.208. The molecule has 17 unspecified atom stereocenters.